The van der Waals surface area contributed by atoms with Gasteiger partial charge in [-0.3, -0.25) is 4.79 Å². The van der Waals surface area contributed by atoms with Crippen molar-refractivity contribution in [3.05, 3.63) is 48.2 Å². The van der Waals surface area contributed by atoms with Gasteiger partial charge < -0.3 is 14.8 Å². The number of benzene rings is 1. The van der Waals surface area contributed by atoms with Crippen LogP contribution in [-0.4, -0.2) is 24.6 Å². The van der Waals surface area contributed by atoms with E-state index in [2.05, 4.69) is 10.3 Å². The first-order valence-electron chi connectivity index (χ1n) is 8.73. The monoisotopic (exact) mass is 340 g/mol. The van der Waals surface area contributed by atoms with E-state index in [4.69, 9.17) is 9.47 Å². The molecule has 1 fully saturated rings. The van der Waals surface area contributed by atoms with Crippen molar-refractivity contribution in [3.63, 3.8) is 0 Å². The summed E-state index contributed by atoms with van der Waals surface area (Å²) < 4.78 is 10.6. The summed E-state index contributed by atoms with van der Waals surface area (Å²) in [6.45, 7) is 2.48. The zero-order valence-corrected chi connectivity index (χ0v) is 14.7. The van der Waals surface area contributed by atoms with Crippen molar-refractivity contribution in [2.75, 3.05) is 19.0 Å². The summed E-state index contributed by atoms with van der Waals surface area (Å²) in [6, 6.07) is 11.4. The Kier molecular flexibility index (Phi) is 5.22. The van der Waals surface area contributed by atoms with Crippen molar-refractivity contribution in [2.45, 2.75) is 38.0 Å². The van der Waals surface area contributed by atoms with E-state index in [0.29, 0.717) is 18.2 Å². The lowest BCUT2D eigenvalue weighted by Crippen LogP contribution is -2.38. The molecular formula is C20H24N2O3. The van der Waals surface area contributed by atoms with E-state index >= 15 is 0 Å². The number of carbonyl (C=O) groups excluding carboxylic acids is 1. The highest BCUT2D eigenvalue weighted by Gasteiger charge is 2.42. The molecule has 0 unspecified atom stereocenters. The van der Waals surface area contributed by atoms with Crippen LogP contribution in [0.25, 0.3) is 0 Å². The minimum absolute atomic E-state index is 0.0288. The maximum atomic E-state index is 13.1. The van der Waals surface area contributed by atoms with Crippen LogP contribution in [0.4, 0.5) is 5.69 Å². The number of methoxy groups -OCH3 is 1. The molecule has 1 aromatic carbocycles. The van der Waals surface area contributed by atoms with Gasteiger partial charge in [0.15, 0.2) is 0 Å². The lowest BCUT2D eigenvalue weighted by Gasteiger charge is -2.28. The molecular weight excluding hydrogens is 316 g/mol. The van der Waals surface area contributed by atoms with Crippen molar-refractivity contribution in [2.24, 2.45) is 0 Å². The molecule has 2 aromatic rings. The summed E-state index contributed by atoms with van der Waals surface area (Å²) in [4.78, 5) is 17.3. The highest BCUT2D eigenvalue weighted by atomic mass is 16.5. The van der Waals surface area contributed by atoms with Crippen molar-refractivity contribution in [1.29, 1.82) is 0 Å². The van der Waals surface area contributed by atoms with Crippen LogP contribution in [0.3, 0.4) is 0 Å². The van der Waals surface area contributed by atoms with Gasteiger partial charge in [-0.25, -0.2) is 4.98 Å². The minimum Gasteiger partial charge on any atom is -0.497 e. The molecule has 1 amide bonds. The second-order valence-electron chi connectivity index (χ2n) is 6.29. The van der Waals surface area contributed by atoms with Crippen LogP contribution in [0, 0.1) is 0 Å². The van der Waals surface area contributed by atoms with Gasteiger partial charge in [-0.05, 0) is 43.5 Å². The summed E-state index contributed by atoms with van der Waals surface area (Å²) in [5.41, 5.74) is 1.25. The first-order valence-corrected chi connectivity index (χ1v) is 8.73. The number of ether oxygens (including phenoxy) is 2. The Balaban J connectivity index is 1.80. The molecule has 5 heteroatoms. The number of nitrogens with one attached hydrogen (secondary N) is 1. The fourth-order valence-corrected chi connectivity index (χ4v) is 3.47. The smallest absolute Gasteiger partial charge is 0.235 e. The van der Waals surface area contributed by atoms with Crippen molar-refractivity contribution >= 4 is 11.6 Å². The van der Waals surface area contributed by atoms with Gasteiger partial charge in [0.1, 0.15) is 5.75 Å². The van der Waals surface area contributed by atoms with E-state index in [-0.39, 0.29) is 5.91 Å². The predicted octanol–water partition coefficient (Wildman–Crippen LogP) is 3.94. The van der Waals surface area contributed by atoms with E-state index in [1.807, 2.05) is 37.3 Å². The SMILES string of the molecule is CCOc1ccc(NC(=O)C2(c3ccc(OC)cc3)CCCC2)cn1. The van der Waals surface area contributed by atoms with E-state index < -0.39 is 5.41 Å². The molecule has 1 heterocycles. The van der Waals surface area contributed by atoms with Gasteiger partial charge in [0.25, 0.3) is 0 Å². The molecule has 25 heavy (non-hydrogen) atoms. The molecule has 0 bridgehead atoms. The molecule has 0 aliphatic heterocycles. The Bertz CT molecular complexity index is 705. The van der Waals surface area contributed by atoms with Crippen LogP contribution in [0.2, 0.25) is 0 Å². The Morgan fingerprint density at radius 3 is 2.44 bits per heavy atom. The predicted molar refractivity (Wildman–Crippen MR) is 97.2 cm³/mol. The van der Waals surface area contributed by atoms with Gasteiger partial charge in [0.2, 0.25) is 11.8 Å². The summed E-state index contributed by atoms with van der Waals surface area (Å²) in [7, 11) is 1.64. The molecule has 1 aliphatic rings. The Hall–Kier alpha value is -2.56. The van der Waals surface area contributed by atoms with Gasteiger partial charge in [0.05, 0.1) is 31.0 Å². The normalized spacial score (nSPS) is 15.6. The topological polar surface area (TPSA) is 60.5 Å². The number of anilines is 1. The first kappa shape index (κ1) is 17.3. The molecule has 3 rings (SSSR count). The maximum Gasteiger partial charge on any atom is 0.235 e. The molecule has 1 saturated carbocycles. The van der Waals surface area contributed by atoms with Crippen LogP contribution in [0.1, 0.15) is 38.2 Å². The third kappa shape index (κ3) is 3.60. The number of aromatic nitrogens is 1. The molecule has 0 saturated heterocycles. The fraction of sp³-hybridized carbons (Fsp3) is 0.400. The van der Waals surface area contributed by atoms with Crippen molar-refractivity contribution < 1.29 is 14.3 Å². The number of hydrogen-bond acceptors (Lipinski definition) is 4. The molecule has 0 atom stereocenters. The zero-order valence-electron chi connectivity index (χ0n) is 14.7. The van der Waals surface area contributed by atoms with Crippen molar-refractivity contribution in [1.82, 2.24) is 4.98 Å². The first-order chi connectivity index (χ1) is 12.2. The van der Waals surface area contributed by atoms with E-state index in [9.17, 15) is 4.79 Å². The maximum absolute atomic E-state index is 13.1. The molecule has 132 valence electrons. The third-order valence-electron chi connectivity index (χ3n) is 4.82. The Labute approximate surface area is 148 Å². The number of pyridine rings is 1. The van der Waals surface area contributed by atoms with E-state index in [1.165, 1.54) is 0 Å². The van der Waals surface area contributed by atoms with Crippen LogP contribution >= 0.6 is 0 Å². The van der Waals surface area contributed by atoms with Crippen molar-refractivity contribution in [3.8, 4) is 11.6 Å². The molecule has 1 aromatic heterocycles. The standard InChI is InChI=1S/C20H24N2O3/c1-3-25-18-11-8-16(14-21-18)22-19(23)20(12-4-5-13-20)15-6-9-17(24-2)10-7-15/h6-11,14H,3-5,12-13H2,1-2H3,(H,22,23). The summed E-state index contributed by atoms with van der Waals surface area (Å²) in [5, 5.41) is 3.03. The highest BCUT2D eigenvalue weighted by Crippen LogP contribution is 2.42. The highest BCUT2D eigenvalue weighted by molar-refractivity contribution is 5.99. The molecule has 5 nitrogen and oxygen atoms in total. The van der Waals surface area contributed by atoms with Gasteiger partial charge in [-0.1, -0.05) is 25.0 Å². The lowest BCUT2D eigenvalue weighted by molar-refractivity contribution is -0.121. The average molecular weight is 340 g/mol. The minimum atomic E-state index is -0.481. The molecule has 1 N–H and O–H groups in total. The molecule has 1 aliphatic carbocycles. The fourth-order valence-electron chi connectivity index (χ4n) is 3.47. The second kappa shape index (κ2) is 7.55. The largest absolute Gasteiger partial charge is 0.497 e. The van der Waals surface area contributed by atoms with Gasteiger partial charge in [-0.2, -0.15) is 0 Å². The second-order valence-corrected chi connectivity index (χ2v) is 6.29. The van der Waals surface area contributed by atoms with Gasteiger partial charge >= 0.3 is 0 Å². The van der Waals surface area contributed by atoms with Gasteiger partial charge in [-0.15, -0.1) is 0 Å². The van der Waals surface area contributed by atoms with Gasteiger partial charge in [0, 0.05) is 6.07 Å². The average Bonchev–Trinajstić information content (AvgIpc) is 3.15. The number of rotatable bonds is 6. The third-order valence-corrected chi connectivity index (χ3v) is 4.82. The number of amides is 1. The van der Waals surface area contributed by atoms with Crippen LogP contribution in [0.15, 0.2) is 42.6 Å². The lowest BCUT2D eigenvalue weighted by atomic mass is 9.78. The molecule has 0 radical (unpaired) electrons. The van der Waals surface area contributed by atoms with E-state index in [0.717, 1.165) is 37.0 Å². The number of carbonyl (C=O) groups is 1. The number of hydrogen-bond donors (Lipinski definition) is 1. The van der Waals surface area contributed by atoms with Crippen LogP contribution < -0.4 is 14.8 Å². The van der Waals surface area contributed by atoms with Crippen LogP contribution in [-0.2, 0) is 10.2 Å². The van der Waals surface area contributed by atoms with Crippen LogP contribution in [0.5, 0.6) is 11.6 Å². The summed E-state index contributed by atoms with van der Waals surface area (Å²) in [6.07, 6.45) is 5.47. The molecule has 0 spiro atoms. The van der Waals surface area contributed by atoms with E-state index in [1.54, 1.807) is 19.4 Å². The summed E-state index contributed by atoms with van der Waals surface area (Å²) in [5.74, 6) is 1.39. The Morgan fingerprint density at radius 2 is 1.88 bits per heavy atom. The summed E-state index contributed by atoms with van der Waals surface area (Å²) >= 11 is 0. The number of nitrogens with zero attached hydrogens (tertiary/aromatic N) is 1. The Morgan fingerprint density at radius 1 is 1.16 bits per heavy atom. The zero-order chi connectivity index (χ0) is 17.7. The quantitative estimate of drug-likeness (QED) is 0.865.